The topological polar surface area (TPSA) is 70.7 Å². The first-order valence-corrected chi connectivity index (χ1v) is 7.07. The van der Waals surface area contributed by atoms with E-state index in [1.807, 2.05) is 37.3 Å². The van der Waals surface area contributed by atoms with E-state index < -0.39 is 11.7 Å². The molecule has 0 saturated carbocycles. The molecule has 1 aromatic carbocycles. The number of ether oxygens (including phenoxy) is 2. The van der Waals surface area contributed by atoms with E-state index in [0.29, 0.717) is 12.3 Å². The highest BCUT2D eigenvalue weighted by atomic mass is 16.6. The number of esters is 1. The van der Waals surface area contributed by atoms with Crippen LogP contribution in [-0.4, -0.2) is 24.3 Å². The van der Waals surface area contributed by atoms with Crippen LogP contribution in [0, 0.1) is 0 Å². The summed E-state index contributed by atoms with van der Waals surface area (Å²) in [6, 6.07) is 9.21. The van der Waals surface area contributed by atoms with Crippen molar-refractivity contribution in [2.45, 2.75) is 26.3 Å². The first kappa shape index (κ1) is 15.9. The lowest BCUT2D eigenvalue weighted by atomic mass is 10.1. The van der Waals surface area contributed by atoms with Gasteiger partial charge in [0.05, 0.1) is 26.2 Å². The Morgan fingerprint density at radius 3 is 2.59 bits per heavy atom. The Morgan fingerprint density at radius 2 is 2.00 bits per heavy atom. The summed E-state index contributed by atoms with van der Waals surface area (Å²) in [6.45, 7) is 3.98. The van der Waals surface area contributed by atoms with E-state index in [2.05, 4.69) is 4.74 Å². The number of carbonyl (C=O) groups is 1. The number of nitrogens with zero attached hydrogens (tertiary/aromatic N) is 1. The van der Waals surface area contributed by atoms with Gasteiger partial charge in [-0.2, -0.15) is 0 Å². The molecule has 0 bridgehead atoms. The number of aromatic nitrogens is 1. The summed E-state index contributed by atoms with van der Waals surface area (Å²) < 4.78 is 16.6. The van der Waals surface area contributed by atoms with Gasteiger partial charge in [-0.3, -0.25) is 9.36 Å². The van der Waals surface area contributed by atoms with Crippen LogP contribution in [0.15, 0.2) is 39.5 Å². The second kappa shape index (κ2) is 6.98. The molecule has 0 aliphatic rings. The van der Waals surface area contributed by atoms with Gasteiger partial charge in [0.25, 0.3) is 0 Å². The van der Waals surface area contributed by atoms with Gasteiger partial charge in [0.15, 0.2) is 0 Å². The van der Waals surface area contributed by atoms with Crippen LogP contribution in [0.2, 0.25) is 0 Å². The van der Waals surface area contributed by atoms with Crippen molar-refractivity contribution < 1.29 is 18.7 Å². The summed E-state index contributed by atoms with van der Waals surface area (Å²) in [4.78, 5) is 23.8. The maximum absolute atomic E-state index is 12.2. The van der Waals surface area contributed by atoms with Gasteiger partial charge in [-0.1, -0.05) is 30.3 Å². The Hall–Kier alpha value is -2.50. The Morgan fingerprint density at radius 1 is 1.32 bits per heavy atom. The summed E-state index contributed by atoms with van der Waals surface area (Å²) in [5.41, 5.74) is 1.31. The van der Waals surface area contributed by atoms with Crippen molar-refractivity contribution in [2.24, 2.45) is 0 Å². The molecule has 6 nitrogen and oxygen atoms in total. The predicted molar refractivity (Wildman–Crippen MR) is 80.1 cm³/mol. The van der Waals surface area contributed by atoms with Gasteiger partial charge in [-0.05, 0) is 19.4 Å². The molecule has 6 heteroatoms. The van der Waals surface area contributed by atoms with Crippen LogP contribution in [0.3, 0.4) is 0 Å². The lowest BCUT2D eigenvalue weighted by Crippen LogP contribution is -2.23. The normalized spacial score (nSPS) is 12.0. The number of oxazole rings is 1. The summed E-state index contributed by atoms with van der Waals surface area (Å²) in [7, 11) is 1.30. The zero-order valence-corrected chi connectivity index (χ0v) is 12.9. The van der Waals surface area contributed by atoms with E-state index in [1.165, 1.54) is 11.7 Å². The van der Waals surface area contributed by atoms with Crippen molar-refractivity contribution in [2.75, 3.05) is 13.7 Å². The molecule has 0 radical (unpaired) electrons. The fourth-order valence-electron chi connectivity index (χ4n) is 2.28. The van der Waals surface area contributed by atoms with E-state index >= 15 is 0 Å². The molecule has 1 atom stereocenters. The number of methoxy groups -OCH3 is 1. The number of hydrogen-bond acceptors (Lipinski definition) is 5. The third-order valence-electron chi connectivity index (χ3n) is 3.39. The highest BCUT2D eigenvalue weighted by Crippen LogP contribution is 2.25. The maximum Gasteiger partial charge on any atom is 0.422 e. The molecule has 118 valence electrons. The summed E-state index contributed by atoms with van der Waals surface area (Å²) >= 11 is 0. The molecule has 2 aromatic rings. The zero-order valence-electron chi connectivity index (χ0n) is 12.9. The largest absolute Gasteiger partial charge is 0.469 e. The van der Waals surface area contributed by atoms with Crippen LogP contribution < -0.4 is 10.5 Å². The Kier molecular flexibility index (Phi) is 5.04. The fourth-order valence-corrected chi connectivity index (χ4v) is 2.28. The Balaban J connectivity index is 2.49. The molecular formula is C16H19NO5. The van der Waals surface area contributed by atoms with Crippen molar-refractivity contribution in [3.05, 3.63) is 52.1 Å². The van der Waals surface area contributed by atoms with Crippen LogP contribution in [0.1, 0.15) is 31.1 Å². The molecule has 22 heavy (non-hydrogen) atoms. The summed E-state index contributed by atoms with van der Waals surface area (Å²) in [5.74, 6) is -0.949. The second-order valence-electron chi connectivity index (χ2n) is 4.74. The minimum absolute atomic E-state index is 0.0701. The van der Waals surface area contributed by atoms with Crippen molar-refractivity contribution in [1.29, 1.82) is 0 Å². The van der Waals surface area contributed by atoms with E-state index in [9.17, 15) is 9.59 Å². The third-order valence-corrected chi connectivity index (χ3v) is 3.39. The number of benzene rings is 1. The van der Waals surface area contributed by atoms with Crippen LogP contribution in [0.5, 0.6) is 5.95 Å². The van der Waals surface area contributed by atoms with Gasteiger partial charge in [0, 0.05) is 0 Å². The van der Waals surface area contributed by atoms with Gasteiger partial charge >= 0.3 is 17.7 Å². The molecule has 0 aliphatic carbocycles. The average Bonchev–Trinajstić information content (AvgIpc) is 2.83. The molecular weight excluding hydrogens is 286 g/mol. The van der Waals surface area contributed by atoms with Gasteiger partial charge in [-0.15, -0.1) is 0 Å². The fraction of sp³-hybridized carbons (Fsp3) is 0.375. The minimum atomic E-state index is -0.557. The van der Waals surface area contributed by atoms with E-state index in [4.69, 9.17) is 9.15 Å². The van der Waals surface area contributed by atoms with Gasteiger partial charge in [0.2, 0.25) is 0 Å². The predicted octanol–water partition coefficient (Wildman–Crippen LogP) is 2.16. The number of carbonyl (C=O) groups excluding carboxylic acids is 1. The smallest absolute Gasteiger partial charge is 0.422 e. The molecule has 1 unspecified atom stereocenters. The molecule has 2 rings (SSSR count). The molecule has 1 aromatic heterocycles. The van der Waals surface area contributed by atoms with Gasteiger partial charge < -0.3 is 13.9 Å². The second-order valence-corrected chi connectivity index (χ2v) is 4.74. The highest BCUT2D eigenvalue weighted by molar-refractivity contribution is 5.72. The van der Waals surface area contributed by atoms with E-state index in [-0.39, 0.29) is 18.4 Å². The van der Waals surface area contributed by atoms with Crippen LogP contribution in [-0.2, 0) is 16.0 Å². The number of hydrogen-bond donors (Lipinski definition) is 0. The van der Waals surface area contributed by atoms with Crippen molar-refractivity contribution in [3.63, 3.8) is 0 Å². The lowest BCUT2D eigenvalue weighted by molar-refractivity contribution is -0.139. The maximum atomic E-state index is 12.2. The summed E-state index contributed by atoms with van der Waals surface area (Å²) in [5, 5.41) is 0. The van der Waals surface area contributed by atoms with Crippen LogP contribution in [0.4, 0.5) is 0 Å². The molecule has 0 spiro atoms. The van der Waals surface area contributed by atoms with E-state index in [1.54, 1.807) is 6.92 Å². The average molecular weight is 305 g/mol. The summed E-state index contributed by atoms with van der Waals surface area (Å²) in [6.07, 6.45) is -0.0885. The third kappa shape index (κ3) is 3.21. The van der Waals surface area contributed by atoms with Gasteiger partial charge in [-0.25, -0.2) is 4.79 Å². The Labute approximate surface area is 128 Å². The molecule has 0 aliphatic heterocycles. The van der Waals surface area contributed by atoms with E-state index in [0.717, 1.165) is 5.56 Å². The van der Waals surface area contributed by atoms with Crippen LogP contribution in [0.25, 0.3) is 0 Å². The van der Waals surface area contributed by atoms with Crippen molar-refractivity contribution in [1.82, 2.24) is 4.57 Å². The standard InChI is InChI=1S/C16H19NO5/c1-4-21-15-13(10-14(18)20-3)17(16(19)22-15)11(2)12-8-6-5-7-9-12/h5-9,11H,4,10H2,1-3H3. The lowest BCUT2D eigenvalue weighted by Gasteiger charge is -2.15. The highest BCUT2D eigenvalue weighted by Gasteiger charge is 2.25. The van der Waals surface area contributed by atoms with Crippen molar-refractivity contribution >= 4 is 5.97 Å². The van der Waals surface area contributed by atoms with Crippen molar-refractivity contribution in [3.8, 4) is 5.95 Å². The van der Waals surface area contributed by atoms with Gasteiger partial charge in [0.1, 0.15) is 5.69 Å². The minimum Gasteiger partial charge on any atom is -0.469 e. The quantitative estimate of drug-likeness (QED) is 0.765. The Bertz CT molecular complexity index is 686. The molecule has 1 heterocycles. The first-order chi connectivity index (χ1) is 10.6. The molecule has 0 saturated heterocycles. The number of rotatable bonds is 6. The van der Waals surface area contributed by atoms with Crippen LogP contribution >= 0.6 is 0 Å². The first-order valence-electron chi connectivity index (χ1n) is 7.07. The zero-order chi connectivity index (χ0) is 16.1. The molecule has 0 N–H and O–H groups in total. The molecule has 0 fully saturated rings. The molecule has 0 amide bonds. The monoisotopic (exact) mass is 305 g/mol. The SMILES string of the molecule is CCOc1oc(=O)n(C(C)c2ccccc2)c1CC(=O)OC.